The normalized spacial score (nSPS) is 7.50. The van der Waals surface area contributed by atoms with Crippen LogP contribution in [-0.4, -0.2) is 5.26 Å². The van der Waals surface area contributed by atoms with Crippen LogP contribution in [0, 0.1) is 0 Å². The van der Waals surface area contributed by atoms with Gasteiger partial charge < -0.3 is 0 Å². The molecule has 0 spiro atoms. The highest BCUT2D eigenvalue weighted by Gasteiger charge is 1.63. The van der Waals surface area contributed by atoms with E-state index < -0.39 is 12.4 Å². The Bertz CT molecular complexity index is 8.00. The lowest BCUT2D eigenvalue weighted by atomic mass is 15.0. The second-order valence-electron chi connectivity index (χ2n) is 0.138. The standard InChI is InChI=1S/FHO2S/c1-4-3-2/h2H. The van der Waals surface area contributed by atoms with Gasteiger partial charge in [0, 0.05) is 0 Å². The molecule has 0 aliphatic heterocycles. The van der Waals surface area contributed by atoms with Crippen molar-refractivity contribution in [2.24, 2.45) is 0 Å². The first-order chi connectivity index (χ1) is 1.91. The lowest BCUT2D eigenvalue weighted by molar-refractivity contribution is -0.120. The summed E-state index contributed by atoms with van der Waals surface area (Å²) in [7, 11) is 0. The Morgan fingerprint density at radius 1 is 2.00 bits per heavy atom. The third-order valence-corrected chi connectivity index (χ3v) is 0.0845. The molecule has 2 nitrogen and oxygen atoms in total. The lowest BCUT2D eigenvalue weighted by Crippen LogP contribution is -1.50. The molecule has 0 aliphatic rings. The molecule has 0 saturated carbocycles. The van der Waals surface area contributed by atoms with Crippen LogP contribution < -0.4 is 0 Å². The van der Waals surface area contributed by atoms with Crippen LogP contribution in [0.4, 0.5) is 3.89 Å². The molecule has 26 valence electrons. The van der Waals surface area contributed by atoms with E-state index in [9.17, 15) is 3.89 Å². The minimum absolute atomic E-state index is 0.588. The molecule has 0 heterocycles. The van der Waals surface area contributed by atoms with Crippen LogP contribution >= 0.6 is 12.4 Å². The van der Waals surface area contributed by atoms with Gasteiger partial charge in [0.1, 0.15) is 0 Å². The number of rotatable bonds is 1. The van der Waals surface area contributed by atoms with Crippen molar-refractivity contribution in [1.82, 2.24) is 0 Å². The summed E-state index contributed by atoms with van der Waals surface area (Å²) >= 11 is -0.588. The Morgan fingerprint density at radius 3 is 2.25 bits per heavy atom. The Kier molecular flexibility index (Phi) is 3.36. The zero-order valence-corrected chi connectivity index (χ0v) is 2.46. The van der Waals surface area contributed by atoms with Gasteiger partial charge in [0.25, 0.3) is 0 Å². The molecule has 0 rings (SSSR count). The molecule has 0 radical (unpaired) electrons. The van der Waals surface area contributed by atoms with Gasteiger partial charge in [-0.3, -0.25) is 0 Å². The van der Waals surface area contributed by atoms with Gasteiger partial charge in [0.05, 0.1) is 0 Å². The van der Waals surface area contributed by atoms with Crippen molar-refractivity contribution in [3.05, 3.63) is 0 Å². The summed E-state index contributed by atoms with van der Waals surface area (Å²) in [6.45, 7) is 0. The largest absolute Gasteiger partial charge is 0.241 e. The van der Waals surface area contributed by atoms with E-state index in [1.165, 1.54) is 0 Å². The molecule has 0 aromatic heterocycles. The molecule has 1 N–H and O–H groups in total. The topological polar surface area (TPSA) is 29.5 Å². The molecule has 0 unspecified atom stereocenters. The Labute approximate surface area is 27.0 Å². The van der Waals surface area contributed by atoms with Crippen molar-refractivity contribution in [3.8, 4) is 0 Å². The number of halogens is 1. The first-order valence-corrected chi connectivity index (χ1v) is 1.15. The van der Waals surface area contributed by atoms with Crippen LogP contribution in [0.15, 0.2) is 0 Å². The molecule has 4 heavy (non-hydrogen) atoms. The van der Waals surface area contributed by atoms with Crippen LogP contribution in [0.3, 0.4) is 0 Å². The fourth-order valence-corrected chi connectivity index (χ4v) is 0. The van der Waals surface area contributed by atoms with Gasteiger partial charge in [-0.25, -0.2) is 5.26 Å². The fourth-order valence-electron chi connectivity index (χ4n) is 0. The van der Waals surface area contributed by atoms with Crippen LogP contribution in [-0.2, 0) is 4.33 Å². The Hall–Kier alpha value is 0.200. The van der Waals surface area contributed by atoms with Crippen molar-refractivity contribution >= 4 is 12.4 Å². The SMILES string of the molecule is OOSF. The maximum absolute atomic E-state index is 10.2. The molecule has 0 aromatic carbocycles. The molecule has 0 aromatic rings. The predicted octanol–water partition coefficient (Wildman–Crippen LogP) is 1.01. The van der Waals surface area contributed by atoms with Crippen LogP contribution in [0.25, 0.3) is 0 Å². The Morgan fingerprint density at radius 2 is 2.25 bits per heavy atom. The first-order valence-electron chi connectivity index (χ1n) is 0.504. The lowest BCUT2D eigenvalue weighted by Gasteiger charge is -1.65. The maximum Gasteiger partial charge on any atom is 0.241 e. The number of hydrogen-bond acceptors (Lipinski definition) is 3. The van der Waals surface area contributed by atoms with E-state index in [2.05, 4.69) is 4.33 Å². The summed E-state index contributed by atoms with van der Waals surface area (Å²) < 4.78 is 13.0. The van der Waals surface area contributed by atoms with Gasteiger partial charge in [-0.15, -0.1) is 8.22 Å². The van der Waals surface area contributed by atoms with E-state index >= 15 is 0 Å². The second kappa shape index (κ2) is 3.20. The average Bonchev–Trinajstić information content (AvgIpc) is 1.37. The highest BCUT2D eigenvalue weighted by molar-refractivity contribution is 7.89. The third-order valence-electron chi connectivity index (χ3n) is 0.0282. The van der Waals surface area contributed by atoms with Gasteiger partial charge >= 0.3 is 0 Å². The van der Waals surface area contributed by atoms with Crippen molar-refractivity contribution in [2.75, 3.05) is 0 Å². The van der Waals surface area contributed by atoms with Crippen LogP contribution in [0.2, 0.25) is 0 Å². The van der Waals surface area contributed by atoms with Crippen LogP contribution in [0.1, 0.15) is 0 Å². The molecule has 0 fully saturated rings. The van der Waals surface area contributed by atoms with Crippen molar-refractivity contribution in [1.29, 1.82) is 0 Å². The molecular formula is HFO2S. The monoisotopic (exact) mass is 84.0 g/mol. The molecular weight excluding hydrogens is 83.1 g/mol. The van der Waals surface area contributed by atoms with Crippen molar-refractivity contribution in [3.63, 3.8) is 0 Å². The summed E-state index contributed by atoms with van der Waals surface area (Å²) in [4.78, 5) is 0. The predicted molar refractivity (Wildman–Crippen MR) is 12.4 cm³/mol. The Balaban J connectivity index is 1.97. The molecule has 0 bridgehead atoms. The molecule has 0 amide bonds. The second-order valence-corrected chi connectivity index (χ2v) is 0.413. The third kappa shape index (κ3) is 2.20. The smallest absolute Gasteiger partial charge is 0.237 e. The van der Waals surface area contributed by atoms with Crippen molar-refractivity contribution in [2.45, 2.75) is 0 Å². The summed E-state index contributed by atoms with van der Waals surface area (Å²) in [5.41, 5.74) is 0. The summed E-state index contributed by atoms with van der Waals surface area (Å²) in [6, 6.07) is 0. The van der Waals surface area contributed by atoms with Gasteiger partial charge in [-0.2, -0.15) is 0 Å². The quantitative estimate of drug-likeness (QED) is 0.292. The van der Waals surface area contributed by atoms with Gasteiger partial charge in [-0.05, 0) is 0 Å². The molecule has 0 atom stereocenters. The summed E-state index contributed by atoms with van der Waals surface area (Å²) in [6.07, 6.45) is 0. The summed E-state index contributed by atoms with van der Waals surface area (Å²) in [5.74, 6) is 0. The molecule has 0 saturated heterocycles. The van der Waals surface area contributed by atoms with E-state index in [1.54, 1.807) is 0 Å². The first kappa shape index (κ1) is 4.20. The van der Waals surface area contributed by atoms with Gasteiger partial charge in [0.15, 0.2) is 0 Å². The minimum Gasteiger partial charge on any atom is -0.237 e. The van der Waals surface area contributed by atoms with E-state index in [4.69, 9.17) is 5.26 Å². The average molecular weight is 84.1 g/mol. The zero-order valence-electron chi connectivity index (χ0n) is 1.64. The van der Waals surface area contributed by atoms with E-state index in [-0.39, 0.29) is 0 Å². The number of hydrogen-bond donors (Lipinski definition) is 1. The van der Waals surface area contributed by atoms with Crippen molar-refractivity contribution < 1.29 is 13.5 Å². The fraction of sp³-hybridized carbons (Fsp3) is 0. The van der Waals surface area contributed by atoms with E-state index in [0.717, 1.165) is 0 Å². The van der Waals surface area contributed by atoms with Gasteiger partial charge in [0.2, 0.25) is 12.4 Å². The van der Waals surface area contributed by atoms with Crippen LogP contribution in [0.5, 0.6) is 0 Å². The van der Waals surface area contributed by atoms with E-state index in [0.29, 0.717) is 0 Å². The highest BCUT2D eigenvalue weighted by Crippen LogP contribution is 1.94. The zero-order chi connectivity index (χ0) is 3.41. The molecule has 0 aliphatic carbocycles. The van der Waals surface area contributed by atoms with E-state index in [1.807, 2.05) is 0 Å². The highest BCUT2D eigenvalue weighted by atomic mass is 32.2. The summed E-state index contributed by atoms with van der Waals surface area (Å²) in [5, 5.41) is 6.96. The maximum atomic E-state index is 10.2. The van der Waals surface area contributed by atoms with Gasteiger partial charge in [-0.1, -0.05) is 0 Å². The molecule has 4 heteroatoms. The minimum atomic E-state index is -0.588.